The molecule has 0 saturated carbocycles. The summed E-state index contributed by atoms with van der Waals surface area (Å²) in [7, 11) is 0. The van der Waals surface area contributed by atoms with Crippen LogP contribution in [0.2, 0.25) is 0 Å². The van der Waals surface area contributed by atoms with Gasteiger partial charge in [-0.1, -0.05) is 6.07 Å². The molecule has 7 nitrogen and oxygen atoms in total. The highest BCUT2D eigenvalue weighted by Crippen LogP contribution is 2.21. The molecule has 0 bridgehead atoms. The summed E-state index contributed by atoms with van der Waals surface area (Å²) < 4.78 is 2.06. The molecule has 0 radical (unpaired) electrons. The molecule has 2 aliphatic rings. The normalized spacial score (nSPS) is 20.5. The maximum atomic E-state index is 12.3. The van der Waals surface area contributed by atoms with E-state index in [1.54, 1.807) is 6.20 Å². The number of carbonyl (C=O) groups excluding carboxylic acids is 1. The van der Waals surface area contributed by atoms with E-state index in [9.17, 15) is 4.79 Å². The van der Waals surface area contributed by atoms with Gasteiger partial charge in [0.05, 0.1) is 11.7 Å². The highest BCUT2D eigenvalue weighted by molar-refractivity contribution is 5.74. The number of pyridine rings is 1. The molecule has 1 fully saturated rings. The Kier molecular flexibility index (Phi) is 4.65. The topological polar surface area (TPSA) is 66.3 Å². The number of aromatic nitrogens is 3. The van der Waals surface area contributed by atoms with Crippen LogP contribution in [0.4, 0.5) is 4.79 Å². The lowest BCUT2D eigenvalue weighted by Gasteiger charge is -2.34. The Balaban J connectivity index is 1.41. The van der Waals surface area contributed by atoms with Crippen LogP contribution in [0.3, 0.4) is 0 Å². The molecule has 132 valence electrons. The summed E-state index contributed by atoms with van der Waals surface area (Å²) in [4.78, 5) is 20.8. The van der Waals surface area contributed by atoms with Crippen molar-refractivity contribution in [3.63, 3.8) is 0 Å². The number of nitrogens with one attached hydrogen (secondary N) is 1. The standard InChI is InChI=1S/C18H24N6O/c25-18(23-8-1-2-9-23)20-11-17-14-22(12-15-4-3-6-19-10-15)13-16-5-7-21-24(16)17/h3-7,10,17H,1-2,8-9,11-14H2,(H,20,25)/t17-/m0/s1. The first-order valence-corrected chi connectivity index (χ1v) is 8.96. The van der Waals surface area contributed by atoms with Crippen molar-refractivity contribution in [3.05, 3.63) is 48.0 Å². The molecule has 1 atom stereocenters. The van der Waals surface area contributed by atoms with Crippen LogP contribution >= 0.6 is 0 Å². The van der Waals surface area contributed by atoms with E-state index in [-0.39, 0.29) is 12.1 Å². The van der Waals surface area contributed by atoms with Gasteiger partial charge in [-0.3, -0.25) is 14.6 Å². The number of nitrogens with zero attached hydrogens (tertiary/aromatic N) is 5. The molecule has 4 heterocycles. The van der Waals surface area contributed by atoms with E-state index in [2.05, 4.69) is 37.1 Å². The van der Waals surface area contributed by atoms with Crippen molar-refractivity contribution in [1.82, 2.24) is 29.9 Å². The predicted molar refractivity (Wildman–Crippen MR) is 93.8 cm³/mol. The molecule has 0 spiro atoms. The van der Waals surface area contributed by atoms with Crippen molar-refractivity contribution in [2.24, 2.45) is 0 Å². The number of amides is 2. The lowest BCUT2D eigenvalue weighted by molar-refractivity contribution is 0.161. The molecule has 2 aromatic heterocycles. The zero-order valence-electron chi connectivity index (χ0n) is 14.3. The van der Waals surface area contributed by atoms with Crippen molar-refractivity contribution >= 4 is 6.03 Å². The molecule has 2 aliphatic heterocycles. The Hall–Kier alpha value is -2.41. The van der Waals surface area contributed by atoms with Gasteiger partial charge in [-0.25, -0.2) is 4.79 Å². The second kappa shape index (κ2) is 7.23. The van der Waals surface area contributed by atoms with E-state index in [0.717, 1.165) is 45.6 Å². The predicted octanol–water partition coefficient (Wildman–Crippen LogP) is 1.64. The van der Waals surface area contributed by atoms with Crippen LogP contribution in [-0.2, 0) is 13.1 Å². The lowest BCUT2D eigenvalue weighted by atomic mass is 10.1. The van der Waals surface area contributed by atoms with Gasteiger partial charge in [0.1, 0.15) is 0 Å². The zero-order chi connectivity index (χ0) is 17.1. The minimum atomic E-state index is 0.0515. The fourth-order valence-corrected chi connectivity index (χ4v) is 3.72. The van der Waals surface area contributed by atoms with Gasteiger partial charge in [0, 0.05) is 57.9 Å². The van der Waals surface area contributed by atoms with Gasteiger partial charge < -0.3 is 10.2 Å². The molecule has 0 unspecified atom stereocenters. The average molecular weight is 340 g/mol. The summed E-state index contributed by atoms with van der Waals surface area (Å²) in [5, 5.41) is 7.56. The van der Waals surface area contributed by atoms with E-state index in [1.807, 2.05) is 23.4 Å². The summed E-state index contributed by atoms with van der Waals surface area (Å²) in [5.74, 6) is 0. The van der Waals surface area contributed by atoms with Crippen molar-refractivity contribution in [2.75, 3.05) is 26.2 Å². The van der Waals surface area contributed by atoms with E-state index < -0.39 is 0 Å². The zero-order valence-corrected chi connectivity index (χ0v) is 14.3. The first-order valence-electron chi connectivity index (χ1n) is 8.96. The van der Waals surface area contributed by atoms with Crippen LogP contribution < -0.4 is 5.32 Å². The molecule has 0 aromatic carbocycles. The molecule has 0 aliphatic carbocycles. The van der Waals surface area contributed by atoms with Crippen LogP contribution in [0.15, 0.2) is 36.8 Å². The molecule has 1 saturated heterocycles. The molecule has 2 amide bonds. The van der Waals surface area contributed by atoms with E-state index in [1.165, 1.54) is 11.3 Å². The fourth-order valence-electron chi connectivity index (χ4n) is 3.72. The highest BCUT2D eigenvalue weighted by atomic mass is 16.2. The summed E-state index contributed by atoms with van der Waals surface area (Å²) in [5.41, 5.74) is 2.39. The van der Waals surface area contributed by atoms with Crippen LogP contribution in [-0.4, -0.2) is 56.8 Å². The monoisotopic (exact) mass is 340 g/mol. The first kappa shape index (κ1) is 16.1. The maximum Gasteiger partial charge on any atom is 0.317 e. The van der Waals surface area contributed by atoms with Crippen molar-refractivity contribution in [3.8, 4) is 0 Å². The minimum absolute atomic E-state index is 0.0515. The van der Waals surface area contributed by atoms with Crippen LogP contribution in [0, 0.1) is 0 Å². The lowest BCUT2D eigenvalue weighted by Crippen LogP contribution is -2.45. The largest absolute Gasteiger partial charge is 0.336 e. The Morgan fingerprint density at radius 3 is 2.92 bits per heavy atom. The van der Waals surface area contributed by atoms with E-state index in [4.69, 9.17) is 0 Å². The van der Waals surface area contributed by atoms with E-state index in [0.29, 0.717) is 6.54 Å². The molecular weight excluding hydrogens is 316 g/mol. The van der Waals surface area contributed by atoms with Crippen molar-refractivity contribution in [1.29, 1.82) is 0 Å². The van der Waals surface area contributed by atoms with Crippen LogP contribution in [0.1, 0.15) is 30.1 Å². The third kappa shape index (κ3) is 3.66. The number of hydrogen-bond acceptors (Lipinski definition) is 4. The number of likely N-dealkylation sites (tertiary alicyclic amines) is 1. The number of hydrogen-bond donors (Lipinski definition) is 1. The van der Waals surface area contributed by atoms with Crippen LogP contribution in [0.25, 0.3) is 0 Å². The number of carbonyl (C=O) groups is 1. The minimum Gasteiger partial charge on any atom is -0.336 e. The van der Waals surface area contributed by atoms with E-state index >= 15 is 0 Å². The SMILES string of the molecule is O=C(NC[C@H]1CN(Cc2cccnc2)Cc2ccnn21)N1CCCC1. The summed E-state index contributed by atoms with van der Waals surface area (Å²) in [6.07, 6.45) is 7.78. The average Bonchev–Trinajstić information content (AvgIpc) is 3.32. The van der Waals surface area contributed by atoms with Gasteiger partial charge in [0.25, 0.3) is 0 Å². The quantitative estimate of drug-likeness (QED) is 0.919. The first-order chi connectivity index (χ1) is 12.3. The fraction of sp³-hybridized carbons (Fsp3) is 0.500. The Bertz CT molecular complexity index is 709. The van der Waals surface area contributed by atoms with Gasteiger partial charge in [0.2, 0.25) is 0 Å². The van der Waals surface area contributed by atoms with Gasteiger partial charge in [-0.15, -0.1) is 0 Å². The third-order valence-corrected chi connectivity index (χ3v) is 4.96. The third-order valence-electron chi connectivity index (χ3n) is 4.96. The van der Waals surface area contributed by atoms with Crippen LogP contribution in [0.5, 0.6) is 0 Å². The second-order valence-corrected chi connectivity index (χ2v) is 6.83. The van der Waals surface area contributed by atoms with Gasteiger partial charge in [0.15, 0.2) is 0 Å². The van der Waals surface area contributed by atoms with Gasteiger partial charge in [-0.05, 0) is 30.5 Å². The molecule has 25 heavy (non-hydrogen) atoms. The maximum absolute atomic E-state index is 12.3. The number of fused-ring (bicyclic) bond motifs is 1. The van der Waals surface area contributed by atoms with Gasteiger partial charge in [-0.2, -0.15) is 5.10 Å². The highest BCUT2D eigenvalue weighted by Gasteiger charge is 2.27. The summed E-state index contributed by atoms with van der Waals surface area (Å²) >= 11 is 0. The molecular formula is C18H24N6O. The van der Waals surface area contributed by atoms with Gasteiger partial charge >= 0.3 is 6.03 Å². The Morgan fingerprint density at radius 2 is 2.12 bits per heavy atom. The summed E-state index contributed by atoms with van der Waals surface area (Å²) in [6, 6.07) is 6.34. The molecule has 4 rings (SSSR count). The molecule has 2 aromatic rings. The Morgan fingerprint density at radius 1 is 1.24 bits per heavy atom. The molecule has 7 heteroatoms. The number of urea groups is 1. The Labute approximate surface area is 147 Å². The smallest absolute Gasteiger partial charge is 0.317 e. The number of rotatable bonds is 4. The second-order valence-electron chi connectivity index (χ2n) is 6.83. The summed E-state index contributed by atoms with van der Waals surface area (Å²) in [6.45, 7) is 4.94. The van der Waals surface area contributed by atoms with Crippen molar-refractivity contribution < 1.29 is 4.79 Å². The molecule has 1 N–H and O–H groups in total. The van der Waals surface area contributed by atoms with Crippen molar-refractivity contribution in [2.45, 2.75) is 32.0 Å².